The van der Waals surface area contributed by atoms with Crippen LogP contribution in [0.25, 0.3) is 16.8 Å². The number of aryl methyl sites for hydroxylation is 1. The molecule has 0 atom stereocenters. The van der Waals surface area contributed by atoms with Crippen molar-refractivity contribution in [3.8, 4) is 11.3 Å². The van der Waals surface area contributed by atoms with Gasteiger partial charge in [0.25, 0.3) is 5.91 Å². The Balaban J connectivity index is 1.63. The summed E-state index contributed by atoms with van der Waals surface area (Å²) in [6.45, 7) is 4.66. The van der Waals surface area contributed by atoms with E-state index in [9.17, 15) is 4.79 Å². The van der Waals surface area contributed by atoms with Gasteiger partial charge in [-0.3, -0.25) is 4.79 Å². The fraction of sp³-hybridized carbons (Fsp3) is 0.217. The van der Waals surface area contributed by atoms with Gasteiger partial charge in [0.15, 0.2) is 0 Å². The fourth-order valence-electron chi connectivity index (χ4n) is 3.06. The summed E-state index contributed by atoms with van der Waals surface area (Å²) in [5, 5.41) is 7.61. The number of allylic oxidation sites excluding steroid dienone is 1. The first kappa shape index (κ1) is 19.9. The molecule has 0 fully saturated rings. The van der Waals surface area contributed by atoms with Gasteiger partial charge in [-0.1, -0.05) is 66.2 Å². The molecule has 0 unspecified atom stereocenters. The van der Waals surface area contributed by atoms with E-state index >= 15 is 0 Å². The summed E-state index contributed by atoms with van der Waals surface area (Å²) < 4.78 is 5.21. The second-order valence-corrected chi connectivity index (χ2v) is 6.98. The summed E-state index contributed by atoms with van der Waals surface area (Å²) in [5.74, 6) is -0.0628. The second kappa shape index (κ2) is 9.38. The number of carbonyl (C=O) groups is 1. The van der Waals surface area contributed by atoms with Crippen LogP contribution in [0, 0.1) is 6.92 Å². The van der Waals surface area contributed by atoms with E-state index in [1.165, 1.54) is 5.57 Å². The van der Waals surface area contributed by atoms with Gasteiger partial charge in [0.05, 0.1) is 0 Å². The highest BCUT2D eigenvalue weighted by Crippen LogP contribution is 2.25. The van der Waals surface area contributed by atoms with E-state index in [1.54, 1.807) is 6.07 Å². The zero-order valence-corrected chi connectivity index (χ0v) is 16.8. The van der Waals surface area contributed by atoms with Crippen molar-refractivity contribution in [1.82, 2.24) is 10.5 Å². The molecule has 5 heteroatoms. The molecule has 0 aliphatic heterocycles. The maximum Gasteiger partial charge on any atom is 0.289 e. The molecular formula is C23H23ClN2O2. The molecule has 0 bridgehead atoms. The maximum atomic E-state index is 12.4. The van der Waals surface area contributed by atoms with Crippen LogP contribution in [-0.2, 0) is 0 Å². The number of amides is 1. The molecule has 1 aromatic heterocycles. The van der Waals surface area contributed by atoms with Gasteiger partial charge in [-0.05, 0) is 48.6 Å². The van der Waals surface area contributed by atoms with Crippen molar-refractivity contribution >= 4 is 23.1 Å². The smallest absolute Gasteiger partial charge is 0.289 e. The Bertz CT molecular complexity index is 977. The van der Waals surface area contributed by atoms with Crippen LogP contribution in [0.4, 0.5) is 0 Å². The van der Waals surface area contributed by atoms with E-state index in [0.717, 1.165) is 23.1 Å². The summed E-state index contributed by atoms with van der Waals surface area (Å²) in [5.41, 5.74) is 5.01. The van der Waals surface area contributed by atoms with Crippen molar-refractivity contribution in [2.45, 2.75) is 26.7 Å². The molecule has 28 heavy (non-hydrogen) atoms. The van der Waals surface area contributed by atoms with Crippen molar-refractivity contribution in [2.24, 2.45) is 0 Å². The van der Waals surface area contributed by atoms with Crippen LogP contribution in [0.3, 0.4) is 0 Å². The van der Waals surface area contributed by atoms with Crippen molar-refractivity contribution in [3.05, 3.63) is 82.6 Å². The molecule has 0 aliphatic carbocycles. The lowest BCUT2D eigenvalue weighted by molar-refractivity contribution is 0.0918. The highest BCUT2D eigenvalue weighted by molar-refractivity contribution is 6.30. The predicted octanol–water partition coefficient (Wildman–Crippen LogP) is 5.92. The molecule has 0 radical (unpaired) electrons. The zero-order chi connectivity index (χ0) is 19.9. The monoisotopic (exact) mass is 394 g/mol. The normalized spacial score (nSPS) is 11.5. The third kappa shape index (κ3) is 4.90. The number of nitrogens with one attached hydrogen (secondary N) is 1. The van der Waals surface area contributed by atoms with Gasteiger partial charge in [0.1, 0.15) is 5.69 Å². The van der Waals surface area contributed by atoms with E-state index in [0.29, 0.717) is 23.7 Å². The second-order valence-electron chi connectivity index (χ2n) is 6.55. The highest BCUT2D eigenvalue weighted by Gasteiger charge is 2.14. The highest BCUT2D eigenvalue weighted by atomic mass is 35.5. The van der Waals surface area contributed by atoms with Crippen molar-refractivity contribution in [1.29, 1.82) is 0 Å². The average Bonchev–Trinajstić information content (AvgIpc) is 3.20. The van der Waals surface area contributed by atoms with Crippen LogP contribution < -0.4 is 5.32 Å². The Labute approximate surface area is 170 Å². The Morgan fingerprint density at radius 3 is 2.71 bits per heavy atom. The summed E-state index contributed by atoms with van der Waals surface area (Å²) in [4.78, 5) is 12.4. The number of halogens is 1. The van der Waals surface area contributed by atoms with E-state index in [-0.39, 0.29) is 11.7 Å². The molecule has 1 heterocycles. The number of hydrogen-bond acceptors (Lipinski definition) is 3. The molecule has 2 aromatic carbocycles. The minimum Gasteiger partial charge on any atom is -0.350 e. The van der Waals surface area contributed by atoms with Crippen molar-refractivity contribution in [3.63, 3.8) is 0 Å². The Kier molecular flexibility index (Phi) is 6.66. The maximum absolute atomic E-state index is 12.4. The standard InChI is InChI=1S/C23H23ClN2O2/c1-3-7-17(20-14-19(24)11-10-16(20)2)12-13-25-23(27)22-15-21(26-28-22)18-8-5-4-6-9-18/h4-11,14-15H,3,12-13H2,1-2H3,(H,25,27)/b17-7-. The van der Waals surface area contributed by atoms with Gasteiger partial charge in [-0.25, -0.2) is 0 Å². The predicted molar refractivity (Wildman–Crippen MR) is 113 cm³/mol. The first-order valence-corrected chi connectivity index (χ1v) is 9.72. The SMILES string of the molecule is CC/C=C(/CCNC(=O)c1cc(-c2ccccc2)no1)c1cc(Cl)ccc1C. The lowest BCUT2D eigenvalue weighted by Gasteiger charge is -2.12. The Hall–Kier alpha value is -2.85. The van der Waals surface area contributed by atoms with E-state index in [1.807, 2.05) is 48.5 Å². The number of aromatic nitrogens is 1. The van der Waals surface area contributed by atoms with Crippen LogP contribution in [0.15, 0.2) is 65.2 Å². The molecule has 144 valence electrons. The van der Waals surface area contributed by atoms with Crippen LogP contribution in [0.5, 0.6) is 0 Å². The van der Waals surface area contributed by atoms with E-state index < -0.39 is 0 Å². The van der Waals surface area contributed by atoms with Crippen molar-refractivity contribution in [2.75, 3.05) is 6.54 Å². The average molecular weight is 395 g/mol. The largest absolute Gasteiger partial charge is 0.350 e. The Morgan fingerprint density at radius 1 is 1.18 bits per heavy atom. The molecule has 3 rings (SSSR count). The lowest BCUT2D eigenvalue weighted by atomic mass is 9.97. The van der Waals surface area contributed by atoms with Crippen LogP contribution in [-0.4, -0.2) is 17.6 Å². The number of rotatable bonds is 7. The van der Waals surface area contributed by atoms with Crippen LogP contribution in [0.2, 0.25) is 5.02 Å². The topological polar surface area (TPSA) is 55.1 Å². The third-order valence-corrected chi connectivity index (χ3v) is 4.71. The fourth-order valence-corrected chi connectivity index (χ4v) is 3.23. The van der Waals surface area contributed by atoms with Gasteiger partial charge in [0, 0.05) is 23.2 Å². The molecule has 0 saturated heterocycles. The molecule has 0 saturated carbocycles. The molecule has 1 amide bonds. The zero-order valence-electron chi connectivity index (χ0n) is 16.0. The number of hydrogen-bond donors (Lipinski definition) is 1. The van der Waals surface area contributed by atoms with Gasteiger partial charge in [-0.2, -0.15) is 0 Å². The molecular weight excluding hydrogens is 372 g/mol. The third-order valence-electron chi connectivity index (χ3n) is 4.48. The van der Waals surface area contributed by atoms with Crippen LogP contribution >= 0.6 is 11.6 Å². The van der Waals surface area contributed by atoms with Gasteiger partial charge < -0.3 is 9.84 Å². The van der Waals surface area contributed by atoms with E-state index in [4.69, 9.17) is 16.1 Å². The minimum atomic E-state index is -0.270. The van der Waals surface area contributed by atoms with Crippen LogP contribution in [0.1, 0.15) is 41.4 Å². The first-order chi connectivity index (χ1) is 13.6. The van der Waals surface area contributed by atoms with Crippen molar-refractivity contribution < 1.29 is 9.32 Å². The lowest BCUT2D eigenvalue weighted by Crippen LogP contribution is -2.24. The molecule has 4 nitrogen and oxygen atoms in total. The van der Waals surface area contributed by atoms with Gasteiger partial charge in [0.2, 0.25) is 5.76 Å². The minimum absolute atomic E-state index is 0.207. The Morgan fingerprint density at radius 2 is 1.96 bits per heavy atom. The molecule has 0 aliphatic rings. The summed E-state index contributed by atoms with van der Waals surface area (Å²) in [6.07, 6.45) is 3.80. The van der Waals surface area contributed by atoms with E-state index in [2.05, 4.69) is 30.4 Å². The molecule has 3 aromatic rings. The summed E-state index contributed by atoms with van der Waals surface area (Å²) >= 11 is 6.16. The molecule has 1 N–H and O–H groups in total. The summed E-state index contributed by atoms with van der Waals surface area (Å²) in [6, 6.07) is 17.2. The number of carbonyl (C=O) groups excluding carboxylic acids is 1. The quantitative estimate of drug-likeness (QED) is 0.541. The number of benzene rings is 2. The number of nitrogens with zero attached hydrogens (tertiary/aromatic N) is 1. The first-order valence-electron chi connectivity index (χ1n) is 9.34. The van der Waals surface area contributed by atoms with Gasteiger partial charge in [-0.15, -0.1) is 0 Å². The summed E-state index contributed by atoms with van der Waals surface area (Å²) in [7, 11) is 0. The van der Waals surface area contributed by atoms with Gasteiger partial charge >= 0.3 is 0 Å². The molecule has 0 spiro atoms.